The molecule has 2 rings (SSSR count). The van der Waals surface area contributed by atoms with Crippen LogP contribution in [-0.2, 0) is 15.8 Å². The van der Waals surface area contributed by atoms with Gasteiger partial charge in [-0.15, -0.1) is 0 Å². The van der Waals surface area contributed by atoms with Crippen LogP contribution >= 0.6 is 39.3 Å². The van der Waals surface area contributed by atoms with Gasteiger partial charge in [-0.3, -0.25) is 0 Å². The molecule has 0 aromatic heterocycles. The summed E-state index contributed by atoms with van der Waals surface area (Å²) in [7, 11) is -2.00. The molecule has 0 spiro atoms. The Morgan fingerprint density at radius 3 is 2.71 bits per heavy atom. The van der Waals surface area contributed by atoms with Crippen molar-refractivity contribution in [1.29, 1.82) is 0 Å². The van der Waals surface area contributed by atoms with Gasteiger partial charge in [0.15, 0.2) is 0 Å². The van der Waals surface area contributed by atoms with Crippen molar-refractivity contribution < 1.29 is 13.2 Å². The SMILES string of the molecule is COc1ccc(S(=O)(=O)NCCSCc2cccc(Cl)c2)cc1Br. The summed E-state index contributed by atoms with van der Waals surface area (Å²) >= 11 is 10.9. The van der Waals surface area contributed by atoms with Crippen LogP contribution in [0.4, 0.5) is 0 Å². The molecule has 2 aromatic carbocycles. The molecule has 1 N–H and O–H groups in total. The van der Waals surface area contributed by atoms with E-state index < -0.39 is 10.0 Å². The van der Waals surface area contributed by atoms with Crippen LogP contribution in [0.2, 0.25) is 5.02 Å². The van der Waals surface area contributed by atoms with E-state index in [1.165, 1.54) is 19.2 Å². The van der Waals surface area contributed by atoms with Crippen LogP contribution in [0.5, 0.6) is 5.75 Å². The van der Waals surface area contributed by atoms with E-state index in [2.05, 4.69) is 20.7 Å². The molecule has 0 radical (unpaired) electrons. The zero-order valence-electron chi connectivity index (χ0n) is 13.0. The van der Waals surface area contributed by atoms with Crippen molar-refractivity contribution in [2.45, 2.75) is 10.6 Å². The lowest BCUT2D eigenvalue weighted by molar-refractivity contribution is 0.411. The molecule has 0 bridgehead atoms. The van der Waals surface area contributed by atoms with Crippen LogP contribution in [0.3, 0.4) is 0 Å². The first-order valence-corrected chi connectivity index (χ1v) is 10.9. The van der Waals surface area contributed by atoms with Crippen molar-refractivity contribution in [2.24, 2.45) is 0 Å². The molecule has 130 valence electrons. The highest BCUT2D eigenvalue weighted by Gasteiger charge is 2.15. The van der Waals surface area contributed by atoms with Gasteiger partial charge in [-0.1, -0.05) is 23.7 Å². The second-order valence-electron chi connectivity index (χ2n) is 4.88. The molecule has 0 saturated carbocycles. The van der Waals surface area contributed by atoms with Gasteiger partial charge in [-0.2, -0.15) is 11.8 Å². The van der Waals surface area contributed by atoms with Crippen LogP contribution in [0.15, 0.2) is 51.8 Å². The highest BCUT2D eigenvalue weighted by Crippen LogP contribution is 2.27. The Morgan fingerprint density at radius 1 is 1.25 bits per heavy atom. The molecule has 0 saturated heterocycles. The number of halogens is 2. The normalized spacial score (nSPS) is 11.5. The Bertz CT molecular complexity index is 800. The van der Waals surface area contributed by atoms with Gasteiger partial charge in [-0.05, 0) is 51.8 Å². The molecule has 2 aromatic rings. The summed E-state index contributed by atoms with van der Waals surface area (Å²) in [5.74, 6) is 2.05. The van der Waals surface area contributed by atoms with E-state index in [0.717, 1.165) is 11.3 Å². The Hall–Kier alpha value is -0.730. The van der Waals surface area contributed by atoms with E-state index in [4.69, 9.17) is 16.3 Å². The van der Waals surface area contributed by atoms with Crippen molar-refractivity contribution in [3.63, 3.8) is 0 Å². The maximum absolute atomic E-state index is 12.3. The number of thioether (sulfide) groups is 1. The van der Waals surface area contributed by atoms with Gasteiger partial charge in [0.05, 0.1) is 16.5 Å². The van der Waals surface area contributed by atoms with Crippen LogP contribution in [0.25, 0.3) is 0 Å². The highest BCUT2D eigenvalue weighted by atomic mass is 79.9. The minimum absolute atomic E-state index is 0.204. The molecule has 0 atom stereocenters. The number of nitrogens with one attached hydrogen (secondary N) is 1. The molecule has 0 aliphatic carbocycles. The van der Waals surface area contributed by atoms with Gasteiger partial charge < -0.3 is 4.74 Å². The fraction of sp³-hybridized carbons (Fsp3) is 0.250. The number of benzene rings is 2. The maximum Gasteiger partial charge on any atom is 0.240 e. The van der Waals surface area contributed by atoms with Crippen molar-refractivity contribution in [3.05, 3.63) is 57.5 Å². The molecule has 8 heteroatoms. The van der Waals surface area contributed by atoms with E-state index in [1.54, 1.807) is 17.8 Å². The van der Waals surface area contributed by atoms with Gasteiger partial charge >= 0.3 is 0 Å². The zero-order chi connectivity index (χ0) is 17.6. The van der Waals surface area contributed by atoms with Crippen molar-refractivity contribution >= 4 is 49.3 Å². The summed E-state index contributed by atoms with van der Waals surface area (Å²) < 4.78 is 32.8. The van der Waals surface area contributed by atoms with Crippen LogP contribution < -0.4 is 9.46 Å². The first kappa shape index (κ1) is 19.6. The topological polar surface area (TPSA) is 55.4 Å². The molecule has 0 aliphatic rings. The van der Waals surface area contributed by atoms with Crippen molar-refractivity contribution in [3.8, 4) is 5.75 Å². The van der Waals surface area contributed by atoms with E-state index >= 15 is 0 Å². The minimum atomic E-state index is -3.53. The van der Waals surface area contributed by atoms with Crippen LogP contribution in [-0.4, -0.2) is 27.8 Å². The molecular weight excluding hydrogens is 434 g/mol. The molecular formula is C16H17BrClNO3S2. The van der Waals surface area contributed by atoms with Crippen LogP contribution in [0, 0.1) is 0 Å². The Kier molecular flexibility index (Phi) is 7.43. The Labute approximate surface area is 160 Å². The number of sulfonamides is 1. The molecule has 0 unspecified atom stereocenters. The third-order valence-corrected chi connectivity index (χ3v) is 6.47. The van der Waals surface area contributed by atoms with E-state index in [-0.39, 0.29) is 4.90 Å². The van der Waals surface area contributed by atoms with Crippen LogP contribution in [0.1, 0.15) is 5.56 Å². The average molecular weight is 451 g/mol. The van der Waals surface area contributed by atoms with E-state index in [0.29, 0.717) is 27.5 Å². The first-order chi connectivity index (χ1) is 11.4. The average Bonchev–Trinajstić information content (AvgIpc) is 2.54. The predicted molar refractivity (Wildman–Crippen MR) is 103 cm³/mol. The Balaban J connectivity index is 1.83. The lowest BCUT2D eigenvalue weighted by Crippen LogP contribution is -2.26. The zero-order valence-corrected chi connectivity index (χ0v) is 16.9. The molecule has 0 heterocycles. The number of rotatable bonds is 8. The monoisotopic (exact) mass is 449 g/mol. The molecule has 0 amide bonds. The number of hydrogen-bond donors (Lipinski definition) is 1. The number of methoxy groups -OCH3 is 1. The lowest BCUT2D eigenvalue weighted by atomic mass is 10.2. The number of ether oxygens (including phenoxy) is 1. The highest BCUT2D eigenvalue weighted by molar-refractivity contribution is 9.10. The quantitative estimate of drug-likeness (QED) is 0.608. The Morgan fingerprint density at radius 2 is 2.04 bits per heavy atom. The van der Waals surface area contributed by atoms with Crippen molar-refractivity contribution in [2.75, 3.05) is 19.4 Å². The summed E-state index contributed by atoms with van der Waals surface area (Å²) in [4.78, 5) is 0.204. The maximum atomic E-state index is 12.3. The summed E-state index contributed by atoms with van der Waals surface area (Å²) in [6, 6.07) is 12.3. The smallest absolute Gasteiger partial charge is 0.240 e. The molecule has 4 nitrogen and oxygen atoms in total. The van der Waals surface area contributed by atoms with Gasteiger partial charge in [0.1, 0.15) is 5.75 Å². The van der Waals surface area contributed by atoms with Gasteiger partial charge in [0.25, 0.3) is 0 Å². The first-order valence-electron chi connectivity index (χ1n) is 7.08. The fourth-order valence-corrected chi connectivity index (χ4v) is 4.86. The molecule has 0 aliphatic heterocycles. The summed E-state index contributed by atoms with van der Waals surface area (Å²) in [6.45, 7) is 0.358. The number of hydrogen-bond acceptors (Lipinski definition) is 4. The van der Waals surface area contributed by atoms with Gasteiger partial charge in [-0.25, -0.2) is 13.1 Å². The summed E-state index contributed by atoms with van der Waals surface area (Å²) in [5, 5.41) is 0.707. The minimum Gasteiger partial charge on any atom is -0.496 e. The second kappa shape index (κ2) is 9.10. The predicted octanol–water partition coefficient (Wildman–Crippen LogP) is 4.32. The van der Waals surface area contributed by atoms with Crippen molar-refractivity contribution in [1.82, 2.24) is 4.72 Å². The van der Waals surface area contributed by atoms with Gasteiger partial charge in [0.2, 0.25) is 10.0 Å². The van der Waals surface area contributed by atoms with E-state index in [1.807, 2.05) is 24.3 Å². The lowest BCUT2D eigenvalue weighted by Gasteiger charge is -2.09. The second-order valence-corrected chi connectivity index (χ2v) is 9.04. The molecule has 0 fully saturated rings. The third-order valence-electron chi connectivity index (χ3n) is 3.13. The van der Waals surface area contributed by atoms with Gasteiger partial charge in [0, 0.05) is 23.1 Å². The molecule has 24 heavy (non-hydrogen) atoms. The standard InChI is InChI=1S/C16H17BrClNO3S2/c1-22-16-6-5-14(10-15(16)17)24(20,21)19-7-8-23-11-12-3-2-4-13(18)9-12/h2-6,9-10,19H,7-8,11H2,1H3. The summed E-state index contributed by atoms with van der Waals surface area (Å²) in [5.41, 5.74) is 1.12. The fourth-order valence-electron chi connectivity index (χ4n) is 1.96. The summed E-state index contributed by atoms with van der Waals surface area (Å²) in [6.07, 6.45) is 0. The third kappa shape index (κ3) is 5.67. The largest absolute Gasteiger partial charge is 0.496 e. The van der Waals surface area contributed by atoms with E-state index in [9.17, 15) is 8.42 Å².